The van der Waals surface area contributed by atoms with Gasteiger partial charge in [0.25, 0.3) is 0 Å². The molecule has 0 atom stereocenters. The first kappa shape index (κ1) is 17.3. The molecule has 0 aliphatic carbocycles. The molecule has 0 fully saturated rings. The van der Waals surface area contributed by atoms with Crippen LogP contribution in [0.25, 0.3) is 0 Å². The SMILES string of the molecule is COc1ccc(OC)c(CCC(=O)NC(C(N)=O)C(N)=O)c1. The number of benzene rings is 1. The number of carbonyl (C=O) groups is 3. The Balaban J connectivity index is 2.71. The van der Waals surface area contributed by atoms with Gasteiger partial charge in [-0.3, -0.25) is 14.4 Å². The van der Waals surface area contributed by atoms with Gasteiger partial charge in [-0.05, 0) is 30.2 Å². The van der Waals surface area contributed by atoms with Crippen molar-refractivity contribution in [1.82, 2.24) is 5.32 Å². The van der Waals surface area contributed by atoms with E-state index in [0.717, 1.165) is 5.56 Å². The van der Waals surface area contributed by atoms with Gasteiger partial charge < -0.3 is 26.3 Å². The predicted octanol–water partition coefficient (Wildman–Crippen LogP) is -0.908. The van der Waals surface area contributed by atoms with Gasteiger partial charge in [-0.2, -0.15) is 0 Å². The van der Waals surface area contributed by atoms with Crippen LogP contribution in [0.2, 0.25) is 0 Å². The van der Waals surface area contributed by atoms with Crippen LogP contribution in [0, 0.1) is 0 Å². The Morgan fingerprint density at radius 2 is 1.77 bits per heavy atom. The first-order valence-electron chi connectivity index (χ1n) is 6.48. The molecule has 1 aromatic rings. The molecule has 0 saturated heterocycles. The van der Waals surface area contributed by atoms with E-state index in [-0.39, 0.29) is 6.42 Å². The van der Waals surface area contributed by atoms with Crippen LogP contribution in [-0.4, -0.2) is 38.0 Å². The molecule has 0 radical (unpaired) electrons. The number of ether oxygens (including phenoxy) is 2. The molecule has 8 heteroatoms. The van der Waals surface area contributed by atoms with Gasteiger partial charge in [-0.25, -0.2) is 0 Å². The maximum absolute atomic E-state index is 11.8. The summed E-state index contributed by atoms with van der Waals surface area (Å²) in [5.41, 5.74) is 10.7. The summed E-state index contributed by atoms with van der Waals surface area (Å²) in [6.45, 7) is 0. The number of amides is 3. The topological polar surface area (TPSA) is 134 Å². The number of methoxy groups -OCH3 is 2. The Labute approximate surface area is 127 Å². The third kappa shape index (κ3) is 4.65. The van der Waals surface area contributed by atoms with E-state index in [0.29, 0.717) is 17.9 Å². The fourth-order valence-corrected chi connectivity index (χ4v) is 1.84. The second kappa shape index (κ2) is 7.87. The summed E-state index contributed by atoms with van der Waals surface area (Å²) in [4.78, 5) is 33.8. The van der Waals surface area contributed by atoms with Crippen molar-refractivity contribution in [2.75, 3.05) is 14.2 Å². The molecule has 0 spiro atoms. The molecule has 0 aliphatic heterocycles. The summed E-state index contributed by atoms with van der Waals surface area (Å²) in [6.07, 6.45) is 0.358. The monoisotopic (exact) mass is 309 g/mol. The number of aryl methyl sites for hydroxylation is 1. The maximum atomic E-state index is 11.8. The Bertz CT molecular complexity index is 560. The molecule has 0 bridgehead atoms. The molecule has 5 N–H and O–H groups in total. The van der Waals surface area contributed by atoms with E-state index in [9.17, 15) is 14.4 Å². The minimum atomic E-state index is -1.51. The molecule has 120 valence electrons. The van der Waals surface area contributed by atoms with Crippen molar-refractivity contribution < 1.29 is 23.9 Å². The van der Waals surface area contributed by atoms with Crippen molar-refractivity contribution in [3.8, 4) is 11.5 Å². The van der Waals surface area contributed by atoms with Crippen LogP contribution in [0.3, 0.4) is 0 Å². The number of nitrogens with two attached hydrogens (primary N) is 2. The molecular weight excluding hydrogens is 290 g/mol. The van der Waals surface area contributed by atoms with Gasteiger partial charge in [0.1, 0.15) is 11.5 Å². The Morgan fingerprint density at radius 1 is 1.14 bits per heavy atom. The molecule has 1 aromatic carbocycles. The van der Waals surface area contributed by atoms with Crippen LogP contribution in [-0.2, 0) is 20.8 Å². The van der Waals surface area contributed by atoms with Crippen molar-refractivity contribution in [1.29, 1.82) is 0 Å². The van der Waals surface area contributed by atoms with Crippen molar-refractivity contribution in [3.63, 3.8) is 0 Å². The molecule has 1 rings (SSSR count). The van der Waals surface area contributed by atoms with Gasteiger partial charge in [-0.1, -0.05) is 0 Å². The average Bonchev–Trinajstić information content (AvgIpc) is 2.49. The largest absolute Gasteiger partial charge is 0.497 e. The highest BCUT2D eigenvalue weighted by atomic mass is 16.5. The summed E-state index contributed by atoms with van der Waals surface area (Å²) in [6, 6.07) is 3.69. The van der Waals surface area contributed by atoms with Crippen LogP contribution in [0.1, 0.15) is 12.0 Å². The molecular formula is C14H19N3O5. The Hall–Kier alpha value is -2.77. The number of carbonyl (C=O) groups excluding carboxylic acids is 3. The van der Waals surface area contributed by atoms with Crippen LogP contribution in [0.5, 0.6) is 11.5 Å². The summed E-state index contributed by atoms with van der Waals surface area (Å²) < 4.78 is 10.3. The van der Waals surface area contributed by atoms with Crippen molar-refractivity contribution in [3.05, 3.63) is 23.8 Å². The van der Waals surface area contributed by atoms with Gasteiger partial charge in [-0.15, -0.1) is 0 Å². The zero-order valence-electron chi connectivity index (χ0n) is 12.4. The van der Waals surface area contributed by atoms with Crippen LogP contribution in [0.4, 0.5) is 0 Å². The van der Waals surface area contributed by atoms with Gasteiger partial charge in [0, 0.05) is 6.42 Å². The van der Waals surface area contributed by atoms with Crippen molar-refractivity contribution in [2.24, 2.45) is 11.5 Å². The minimum absolute atomic E-state index is 0.0284. The highest BCUT2D eigenvalue weighted by Gasteiger charge is 2.23. The number of hydrogen-bond donors (Lipinski definition) is 3. The van der Waals surface area contributed by atoms with E-state index in [1.165, 1.54) is 14.2 Å². The molecule has 0 unspecified atom stereocenters. The molecule has 0 heterocycles. The summed E-state index contributed by atoms with van der Waals surface area (Å²) in [5.74, 6) is -1.29. The summed E-state index contributed by atoms with van der Waals surface area (Å²) in [7, 11) is 3.05. The normalized spacial score (nSPS) is 10.1. The smallest absolute Gasteiger partial charge is 0.249 e. The number of hydrogen-bond acceptors (Lipinski definition) is 5. The van der Waals surface area contributed by atoms with Gasteiger partial charge in [0.05, 0.1) is 14.2 Å². The molecule has 22 heavy (non-hydrogen) atoms. The quantitative estimate of drug-likeness (QED) is 0.535. The highest BCUT2D eigenvalue weighted by molar-refractivity contribution is 6.05. The van der Waals surface area contributed by atoms with E-state index in [1.54, 1.807) is 18.2 Å². The molecule has 0 aromatic heterocycles. The van der Waals surface area contributed by atoms with Crippen LogP contribution >= 0.6 is 0 Å². The van der Waals surface area contributed by atoms with Crippen molar-refractivity contribution in [2.45, 2.75) is 18.9 Å². The van der Waals surface area contributed by atoms with E-state index >= 15 is 0 Å². The lowest BCUT2D eigenvalue weighted by Gasteiger charge is -2.13. The van der Waals surface area contributed by atoms with E-state index in [1.807, 2.05) is 0 Å². The zero-order chi connectivity index (χ0) is 16.7. The fourth-order valence-electron chi connectivity index (χ4n) is 1.84. The van der Waals surface area contributed by atoms with Crippen LogP contribution in [0.15, 0.2) is 18.2 Å². The minimum Gasteiger partial charge on any atom is -0.497 e. The first-order chi connectivity index (χ1) is 10.4. The third-order valence-electron chi connectivity index (χ3n) is 2.98. The van der Waals surface area contributed by atoms with Gasteiger partial charge in [0.2, 0.25) is 17.7 Å². The van der Waals surface area contributed by atoms with Crippen molar-refractivity contribution >= 4 is 17.7 Å². The maximum Gasteiger partial charge on any atom is 0.249 e. The number of nitrogens with one attached hydrogen (secondary N) is 1. The summed E-state index contributed by atoms with van der Waals surface area (Å²) in [5, 5.41) is 2.19. The second-order valence-corrected chi connectivity index (χ2v) is 4.48. The first-order valence-corrected chi connectivity index (χ1v) is 6.48. The van der Waals surface area contributed by atoms with E-state index in [4.69, 9.17) is 20.9 Å². The van der Waals surface area contributed by atoms with Gasteiger partial charge >= 0.3 is 0 Å². The molecule has 3 amide bonds. The second-order valence-electron chi connectivity index (χ2n) is 4.48. The fraction of sp³-hybridized carbons (Fsp3) is 0.357. The Kier molecular flexibility index (Phi) is 6.18. The highest BCUT2D eigenvalue weighted by Crippen LogP contribution is 2.25. The lowest BCUT2D eigenvalue weighted by Crippen LogP contribution is -2.52. The number of primary amides is 2. The van der Waals surface area contributed by atoms with E-state index in [2.05, 4.69) is 5.32 Å². The lowest BCUT2D eigenvalue weighted by atomic mass is 10.1. The lowest BCUT2D eigenvalue weighted by molar-refractivity contribution is -0.133. The average molecular weight is 309 g/mol. The standard InChI is InChI=1S/C14H19N3O5/c1-21-9-4-5-10(22-2)8(7-9)3-6-11(18)17-12(13(15)19)14(16)20/h4-5,7,12H,3,6H2,1-2H3,(H2,15,19)(H2,16,20)(H,17,18). The Morgan fingerprint density at radius 3 is 2.27 bits per heavy atom. The third-order valence-corrected chi connectivity index (χ3v) is 2.98. The van der Waals surface area contributed by atoms with E-state index < -0.39 is 23.8 Å². The van der Waals surface area contributed by atoms with Crippen LogP contribution < -0.4 is 26.3 Å². The molecule has 0 saturated carbocycles. The van der Waals surface area contributed by atoms with Gasteiger partial charge in [0.15, 0.2) is 6.04 Å². The zero-order valence-corrected chi connectivity index (χ0v) is 12.4. The predicted molar refractivity (Wildman–Crippen MR) is 78.2 cm³/mol. The number of rotatable bonds is 8. The molecule has 8 nitrogen and oxygen atoms in total. The molecule has 0 aliphatic rings. The summed E-state index contributed by atoms with van der Waals surface area (Å²) >= 11 is 0.